The first-order valence-corrected chi connectivity index (χ1v) is 8.79. The molecule has 0 saturated carbocycles. The fourth-order valence-electron chi connectivity index (χ4n) is 2.87. The van der Waals surface area contributed by atoms with Gasteiger partial charge >= 0.3 is 5.97 Å². The zero-order valence-electron chi connectivity index (χ0n) is 12.2. The van der Waals surface area contributed by atoms with Gasteiger partial charge in [0.25, 0.3) is 0 Å². The number of sulfonamides is 1. The summed E-state index contributed by atoms with van der Waals surface area (Å²) in [6.45, 7) is 2.51. The lowest BCUT2D eigenvalue weighted by Gasteiger charge is -2.25. The number of aryl methyl sites for hydroxylation is 1. The standard InChI is InChI=1S/C15H21NO4S/c1-12-6-2-3-7-13(12)14-8-4-10-16(14)21(19,20)11-5-9-15(17)18/h2-3,6-7,14H,4-5,8-11H2,1H3,(H,17,18). The third-order valence-electron chi connectivity index (χ3n) is 3.90. The van der Waals surface area contributed by atoms with Crippen molar-refractivity contribution in [2.75, 3.05) is 12.3 Å². The van der Waals surface area contributed by atoms with Crippen LogP contribution in [0.15, 0.2) is 24.3 Å². The van der Waals surface area contributed by atoms with Gasteiger partial charge in [0, 0.05) is 19.0 Å². The monoisotopic (exact) mass is 311 g/mol. The molecule has 0 aliphatic carbocycles. The molecule has 5 nitrogen and oxygen atoms in total. The van der Waals surface area contributed by atoms with Crippen molar-refractivity contribution in [3.63, 3.8) is 0 Å². The van der Waals surface area contributed by atoms with E-state index in [2.05, 4.69) is 0 Å². The molecular formula is C15H21NO4S. The number of rotatable bonds is 6. The molecule has 1 aliphatic rings. The summed E-state index contributed by atoms with van der Waals surface area (Å²) in [6, 6.07) is 7.73. The summed E-state index contributed by atoms with van der Waals surface area (Å²) in [5.74, 6) is -1.05. The van der Waals surface area contributed by atoms with Crippen molar-refractivity contribution in [3.8, 4) is 0 Å². The van der Waals surface area contributed by atoms with Crippen LogP contribution >= 0.6 is 0 Å². The maximum atomic E-state index is 12.4. The van der Waals surface area contributed by atoms with E-state index in [1.54, 1.807) is 4.31 Å². The molecule has 1 N–H and O–H groups in total. The minimum atomic E-state index is -3.40. The highest BCUT2D eigenvalue weighted by molar-refractivity contribution is 7.89. The highest BCUT2D eigenvalue weighted by Crippen LogP contribution is 2.35. The molecule has 1 atom stereocenters. The fourth-order valence-corrected chi connectivity index (χ4v) is 4.63. The molecule has 1 heterocycles. The second kappa shape index (κ2) is 6.58. The Morgan fingerprint density at radius 3 is 2.76 bits per heavy atom. The van der Waals surface area contributed by atoms with Gasteiger partial charge in [0.05, 0.1) is 5.75 Å². The average molecular weight is 311 g/mol. The van der Waals surface area contributed by atoms with Gasteiger partial charge in [-0.1, -0.05) is 24.3 Å². The van der Waals surface area contributed by atoms with Gasteiger partial charge < -0.3 is 5.11 Å². The van der Waals surface area contributed by atoms with Crippen LogP contribution < -0.4 is 0 Å². The molecule has 1 aromatic carbocycles. The molecule has 0 radical (unpaired) electrons. The zero-order valence-corrected chi connectivity index (χ0v) is 13.0. The average Bonchev–Trinajstić information content (AvgIpc) is 2.88. The number of benzene rings is 1. The van der Waals surface area contributed by atoms with Crippen LogP contribution in [0.1, 0.15) is 42.9 Å². The van der Waals surface area contributed by atoms with Crippen LogP contribution in [0.5, 0.6) is 0 Å². The van der Waals surface area contributed by atoms with E-state index in [1.807, 2.05) is 31.2 Å². The molecule has 1 aromatic rings. The third kappa shape index (κ3) is 3.83. The van der Waals surface area contributed by atoms with Gasteiger partial charge in [-0.3, -0.25) is 4.79 Å². The number of carboxylic acids is 1. The van der Waals surface area contributed by atoms with Crippen molar-refractivity contribution in [1.82, 2.24) is 4.31 Å². The van der Waals surface area contributed by atoms with Crippen molar-refractivity contribution in [2.45, 2.75) is 38.6 Å². The van der Waals surface area contributed by atoms with Crippen molar-refractivity contribution < 1.29 is 18.3 Å². The number of hydrogen-bond acceptors (Lipinski definition) is 3. The SMILES string of the molecule is Cc1ccccc1C1CCCN1S(=O)(=O)CCCC(=O)O. The summed E-state index contributed by atoms with van der Waals surface area (Å²) >= 11 is 0. The summed E-state index contributed by atoms with van der Waals surface area (Å²) in [5.41, 5.74) is 2.15. The molecule has 0 spiro atoms. The predicted octanol–water partition coefficient (Wildman–Crippen LogP) is 2.33. The van der Waals surface area contributed by atoms with E-state index in [0.29, 0.717) is 6.54 Å². The first kappa shape index (κ1) is 16.0. The zero-order chi connectivity index (χ0) is 15.5. The Labute approximate surface area is 125 Å². The van der Waals surface area contributed by atoms with Crippen LogP contribution in [-0.2, 0) is 14.8 Å². The molecule has 21 heavy (non-hydrogen) atoms. The van der Waals surface area contributed by atoms with Gasteiger partial charge in [0.2, 0.25) is 10.0 Å². The minimum Gasteiger partial charge on any atom is -0.481 e. The molecule has 116 valence electrons. The van der Waals surface area contributed by atoms with E-state index in [1.165, 1.54) is 0 Å². The molecule has 1 saturated heterocycles. The highest BCUT2D eigenvalue weighted by Gasteiger charge is 2.35. The third-order valence-corrected chi connectivity index (χ3v) is 5.86. The van der Waals surface area contributed by atoms with E-state index in [-0.39, 0.29) is 24.6 Å². The fraction of sp³-hybridized carbons (Fsp3) is 0.533. The summed E-state index contributed by atoms with van der Waals surface area (Å²) in [4.78, 5) is 10.5. The first-order valence-electron chi connectivity index (χ1n) is 7.18. The van der Waals surface area contributed by atoms with E-state index >= 15 is 0 Å². The lowest BCUT2D eigenvalue weighted by molar-refractivity contribution is -0.137. The summed E-state index contributed by atoms with van der Waals surface area (Å²) in [7, 11) is -3.40. The van der Waals surface area contributed by atoms with Crippen LogP contribution in [-0.4, -0.2) is 36.1 Å². The lowest BCUT2D eigenvalue weighted by Crippen LogP contribution is -2.33. The second-order valence-electron chi connectivity index (χ2n) is 5.44. The van der Waals surface area contributed by atoms with Gasteiger partial charge in [0.15, 0.2) is 0 Å². The van der Waals surface area contributed by atoms with E-state index < -0.39 is 16.0 Å². The summed E-state index contributed by atoms with van der Waals surface area (Å²) in [5, 5.41) is 8.63. The largest absolute Gasteiger partial charge is 0.481 e. The van der Waals surface area contributed by atoms with Crippen LogP contribution in [0.3, 0.4) is 0 Å². The predicted molar refractivity (Wildman–Crippen MR) is 80.5 cm³/mol. The number of aliphatic carboxylic acids is 1. The molecular weight excluding hydrogens is 290 g/mol. The Morgan fingerprint density at radius 2 is 2.10 bits per heavy atom. The normalized spacial score (nSPS) is 19.8. The quantitative estimate of drug-likeness (QED) is 0.875. The van der Waals surface area contributed by atoms with Crippen LogP contribution in [0.25, 0.3) is 0 Å². The van der Waals surface area contributed by atoms with Crippen LogP contribution in [0.2, 0.25) is 0 Å². The molecule has 0 bridgehead atoms. The Balaban J connectivity index is 2.14. The molecule has 1 aliphatic heterocycles. The van der Waals surface area contributed by atoms with Crippen molar-refractivity contribution in [3.05, 3.63) is 35.4 Å². The van der Waals surface area contributed by atoms with Gasteiger partial charge in [-0.05, 0) is 37.3 Å². The smallest absolute Gasteiger partial charge is 0.303 e. The molecule has 6 heteroatoms. The molecule has 1 fully saturated rings. The minimum absolute atomic E-state index is 0.0956. The first-order chi connectivity index (χ1) is 9.92. The Bertz CT molecular complexity index is 612. The Morgan fingerprint density at radius 1 is 1.38 bits per heavy atom. The molecule has 0 aromatic heterocycles. The van der Waals surface area contributed by atoms with E-state index in [4.69, 9.17) is 5.11 Å². The van der Waals surface area contributed by atoms with Gasteiger partial charge in [-0.15, -0.1) is 0 Å². The number of carboxylic acid groups (broad SMARTS) is 1. The summed E-state index contributed by atoms with van der Waals surface area (Å²) in [6.07, 6.45) is 1.72. The number of carbonyl (C=O) groups is 1. The maximum Gasteiger partial charge on any atom is 0.303 e. The van der Waals surface area contributed by atoms with Crippen molar-refractivity contribution in [1.29, 1.82) is 0 Å². The Hall–Kier alpha value is -1.40. The Kier molecular flexibility index (Phi) is 5.00. The van der Waals surface area contributed by atoms with Crippen molar-refractivity contribution in [2.24, 2.45) is 0 Å². The maximum absolute atomic E-state index is 12.4. The molecule has 2 rings (SSSR count). The molecule has 0 amide bonds. The van der Waals surface area contributed by atoms with E-state index in [9.17, 15) is 13.2 Å². The lowest BCUT2D eigenvalue weighted by atomic mass is 10.0. The second-order valence-corrected chi connectivity index (χ2v) is 7.48. The summed E-state index contributed by atoms with van der Waals surface area (Å²) < 4.78 is 26.4. The topological polar surface area (TPSA) is 74.7 Å². The molecule has 1 unspecified atom stereocenters. The van der Waals surface area contributed by atoms with E-state index in [0.717, 1.165) is 24.0 Å². The van der Waals surface area contributed by atoms with Gasteiger partial charge in [-0.2, -0.15) is 4.31 Å². The van der Waals surface area contributed by atoms with Crippen LogP contribution in [0.4, 0.5) is 0 Å². The van der Waals surface area contributed by atoms with Crippen molar-refractivity contribution >= 4 is 16.0 Å². The number of nitrogens with zero attached hydrogens (tertiary/aromatic N) is 1. The van der Waals surface area contributed by atoms with Gasteiger partial charge in [0.1, 0.15) is 0 Å². The highest BCUT2D eigenvalue weighted by atomic mass is 32.2. The van der Waals surface area contributed by atoms with Gasteiger partial charge in [-0.25, -0.2) is 8.42 Å². The van der Waals surface area contributed by atoms with Crippen LogP contribution in [0, 0.1) is 6.92 Å². The number of hydrogen-bond donors (Lipinski definition) is 1.